The molecule has 2 aromatic rings. The van der Waals surface area contributed by atoms with Crippen LogP contribution in [-0.4, -0.2) is 50.1 Å². The van der Waals surface area contributed by atoms with Crippen molar-refractivity contribution in [2.75, 3.05) is 34.0 Å². The van der Waals surface area contributed by atoms with Crippen LogP contribution in [-0.2, 0) is 11.3 Å². The summed E-state index contributed by atoms with van der Waals surface area (Å²) in [6.45, 7) is 2.20. The summed E-state index contributed by atoms with van der Waals surface area (Å²) >= 11 is 0. The van der Waals surface area contributed by atoms with Crippen LogP contribution in [0.1, 0.15) is 17.2 Å². The second kappa shape index (κ2) is 8.34. The van der Waals surface area contributed by atoms with Gasteiger partial charge in [-0.2, -0.15) is 0 Å². The van der Waals surface area contributed by atoms with Crippen LogP contribution in [0.2, 0.25) is 0 Å². The van der Waals surface area contributed by atoms with E-state index in [2.05, 4.69) is 17.0 Å². The van der Waals surface area contributed by atoms with Crippen molar-refractivity contribution in [2.45, 2.75) is 18.7 Å². The third-order valence-electron chi connectivity index (χ3n) is 4.61. The zero-order valence-electron chi connectivity index (χ0n) is 14.7. The van der Waals surface area contributed by atoms with Gasteiger partial charge in [-0.3, -0.25) is 4.90 Å². The summed E-state index contributed by atoms with van der Waals surface area (Å²) in [6, 6.07) is 16.2. The highest BCUT2D eigenvalue weighted by Crippen LogP contribution is 2.36. The molecule has 0 radical (unpaired) electrons. The van der Waals surface area contributed by atoms with Crippen molar-refractivity contribution < 1.29 is 19.3 Å². The topological polar surface area (TPSA) is 51.2 Å². The molecule has 0 bridgehead atoms. The minimum absolute atomic E-state index is 0.0235. The summed E-state index contributed by atoms with van der Waals surface area (Å²) in [4.78, 5) is 2.35. The molecule has 1 heterocycles. The highest BCUT2D eigenvalue weighted by atomic mass is 16.5. The van der Waals surface area contributed by atoms with Crippen LogP contribution in [0, 0.1) is 0 Å². The molecule has 1 N–H and O–H groups in total. The van der Waals surface area contributed by atoms with Crippen molar-refractivity contribution >= 4 is 0 Å². The summed E-state index contributed by atoms with van der Waals surface area (Å²) in [7, 11) is 3.25. The Hall–Kier alpha value is -2.08. The number of aliphatic hydroxyl groups excluding tert-OH is 1. The number of hydrogen-bond acceptors (Lipinski definition) is 5. The lowest BCUT2D eigenvalue weighted by Gasteiger charge is -2.41. The van der Waals surface area contributed by atoms with Crippen molar-refractivity contribution in [3.8, 4) is 11.5 Å². The van der Waals surface area contributed by atoms with Crippen LogP contribution < -0.4 is 9.47 Å². The van der Waals surface area contributed by atoms with Gasteiger partial charge in [0.05, 0.1) is 33.5 Å². The molecule has 134 valence electrons. The average Bonchev–Trinajstić information content (AvgIpc) is 2.68. The van der Waals surface area contributed by atoms with Gasteiger partial charge in [-0.05, 0) is 23.3 Å². The second-order valence-corrected chi connectivity index (χ2v) is 6.11. The third-order valence-corrected chi connectivity index (χ3v) is 4.61. The molecule has 1 fully saturated rings. The van der Waals surface area contributed by atoms with Gasteiger partial charge >= 0.3 is 0 Å². The number of morpholine rings is 1. The Bertz CT molecular complexity index is 677. The minimum atomic E-state index is -0.268. The predicted octanol–water partition coefficient (Wildman–Crippen LogP) is 2.64. The van der Waals surface area contributed by atoms with Crippen molar-refractivity contribution in [1.82, 2.24) is 4.90 Å². The summed E-state index contributed by atoms with van der Waals surface area (Å²) in [5, 5.41) is 9.83. The van der Waals surface area contributed by atoms with E-state index in [-0.39, 0.29) is 18.8 Å². The van der Waals surface area contributed by atoms with Gasteiger partial charge < -0.3 is 19.3 Å². The van der Waals surface area contributed by atoms with Gasteiger partial charge in [0.2, 0.25) is 0 Å². The number of methoxy groups -OCH3 is 2. The Kier molecular flexibility index (Phi) is 5.91. The van der Waals surface area contributed by atoms with Gasteiger partial charge in [0, 0.05) is 13.1 Å². The maximum absolute atomic E-state index is 9.83. The fourth-order valence-electron chi connectivity index (χ4n) is 3.40. The molecule has 2 aromatic carbocycles. The van der Waals surface area contributed by atoms with Crippen LogP contribution in [0.25, 0.3) is 0 Å². The summed E-state index contributed by atoms with van der Waals surface area (Å²) < 4.78 is 16.6. The van der Waals surface area contributed by atoms with Gasteiger partial charge in [0.15, 0.2) is 11.5 Å². The van der Waals surface area contributed by atoms with E-state index in [0.29, 0.717) is 18.1 Å². The van der Waals surface area contributed by atoms with Gasteiger partial charge in [-0.15, -0.1) is 0 Å². The predicted molar refractivity (Wildman–Crippen MR) is 96.0 cm³/mol. The number of aliphatic hydroxyl groups is 1. The molecule has 0 aliphatic carbocycles. The van der Waals surface area contributed by atoms with Crippen LogP contribution in [0.5, 0.6) is 11.5 Å². The molecule has 1 aliphatic heterocycles. The minimum Gasteiger partial charge on any atom is -0.493 e. The maximum Gasteiger partial charge on any atom is 0.161 e. The smallest absolute Gasteiger partial charge is 0.161 e. The highest BCUT2D eigenvalue weighted by molar-refractivity contribution is 5.44. The Morgan fingerprint density at radius 3 is 2.52 bits per heavy atom. The molecule has 25 heavy (non-hydrogen) atoms. The SMILES string of the molecule is COc1ccc(C2C(CO)OCCN2Cc2ccccc2)cc1OC. The maximum atomic E-state index is 9.83. The van der Waals surface area contributed by atoms with E-state index in [0.717, 1.165) is 18.7 Å². The third kappa shape index (κ3) is 3.95. The first-order chi connectivity index (χ1) is 12.3. The molecule has 5 heteroatoms. The lowest BCUT2D eigenvalue weighted by molar-refractivity contribution is -0.0961. The number of hydrogen-bond donors (Lipinski definition) is 1. The zero-order valence-corrected chi connectivity index (χ0v) is 14.7. The number of benzene rings is 2. The zero-order chi connectivity index (χ0) is 17.6. The van der Waals surface area contributed by atoms with Crippen LogP contribution >= 0.6 is 0 Å². The lowest BCUT2D eigenvalue weighted by atomic mass is 9.97. The largest absolute Gasteiger partial charge is 0.493 e. The standard InChI is InChI=1S/C20H25NO4/c1-23-17-9-8-16(12-18(17)24-2)20-19(14-22)25-11-10-21(20)13-15-6-4-3-5-7-15/h3-9,12,19-20,22H,10-11,13-14H2,1-2H3. The van der Waals surface area contributed by atoms with Crippen molar-refractivity contribution in [3.05, 3.63) is 59.7 Å². The normalized spacial score (nSPS) is 21.1. The number of rotatable bonds is 6. The van der Waals surface area contributed by atoms with E-state index in [4.69, 9.17) is 14.2 Å². The van der Waals surface area contributed by atoms with E-state index in [1.54, 1.807) is 14.2 Å². The van der Waals surface area contributed by atoms with E-state index < -0.39 is 0 Å². The summed E-state index contributed by atoms with van der Waals surface area (Å²) in [6.07, 6.45) is -0.268. The van der Waals surface area contributed by atoms with Crippen LogP contribution in [0.4, 0.5) is 0 Å². The molecule has 2 atom stereocenters. The van der Waals surface area contributed by atoms with E-state index in [1.165, 1.54) is 5.56 Å². The molecule has 2 unspecified atom stereocenters. The fraction of sp³-hybridized carbons (Fsp3) is 0.400. The fourth-order valence-corrected chi connectivity index (χ4v) is 3.40. The van der Waals surface area contributed by atoms with E-state index >= 15 is 0 Å². The first-order valence-electron chi connectivity index (χ1n) is 8.49. The molecule has 0 saturated carbocycles. The van der Waals surface area contributed by atoms with Crippen molar-refractivity contribution in [2.24, 2.45) is 0 Å². The molecule has 1 aliphatic rings. The van der Waals surface area contributed by atoms with Gasteiger partial charge in [0.1, 0.15) is 6.10 Å². The van der Waals surface area contributed by atoms with E-state index in [1.807, 2.05) is 36.4 Å². The average molecular weight is 343 g/mol. The molecule has 1 saturated heterocycles. The van der Waals surface area contributed by atoms with Gasteiger partial charge in [-0.25, -0.2) is 0 Å². The number of ether oxygens (including phenoxy) is 3. The van der Waals surface area contributed by atoms with E-state index in [9.17, 15) is 5.11 Å². The Balaban J connectivity index is 1.92. The molecule has 5 nitrogen and oxygen atoms in total. The molecule has 0 amide bonds. The molecule has 3 rings (SSSR count). The highest BCUT2D eigenvalue weighted by Gasteiger charge is 2.33. The molecule has 0 aromatic heterocycles. The van der Waals surface area contributed by atoms with Crippen LogP contribution in [0.15, 0.2) is 48.5 Å². The summed E-state index contributed by atoms with van der Waals surface area (Å²) in [5.41, 5.74) is 2.29. The molecule has 0 spiro atoms. The van der Waals surface area contributed by atoms with Crippen molar-refractivity contribution in [1.29, 1.82) is 0 Å². The number of nitrogens with zero attached hydrogens (tertiary/aromatic N) is 1. The Morgan fingerprint density at radius 2 is 1.84 bits per heavy atom. The van der Waals surface area contributed by atoms with Crippen LogP contribution in [0.3, 0.4) is 0 Å². The lowest BCUT2D eigenvalue weighted by Crippen LogP contribution is -2.46. The van der Waals surface area contributed by atoms with Crippen molar-refractivity contribution in [3.63, 3.8) is 0 Å². The second-order valence-electron chi connectivity index (χ2n) is 6.11. The van der Waals surface area contributed by atoms with Gasteiger partial charge in [-0.1, -0.05) is 36.4 Å². The first-order valence-corrected chi connectivity index (χ1v) is 8.49. The Labute approximate surface area is 148 Å². The summed E-state index contributed by atoms with van der Waals surface area (Å²) in [5.74, 6) is 1.38. The molecular weight excluding hydrogens is 318 g/mol. The quantitative estimate of drug-likeness (QED) is 0.874. The van der Waals surface area contributed by atoms with Gasteiger partial charge in [0.25, 0.3) is 0 Å². The molecular formula is C20H25NO4. The first kappa shape index (κ1) is 17.7. The monoisotopic (exact) mass is 343 g/mol. The Morgan fingerprint density at radius 1 is 1.08 bits per heavy atom.